The molecule has 3 heterocycles. The van der Waals surface area contributed by atoms with Gasteiger partial charge in [0, 0.05) is 45.5 Å². The minimum Gasteiger partial charge on any atom is -0.379 e. The second kappa shape index (κ2) is 7.31. The summed E-state index contributed by atoms with van der Waals surface area (Å²) in [4.78, 5) is 28.6. The van der Waals surface area contributed by atoms with Crippen LogP contribution in [-0.2, 0) is 16.6 Å². The number of carbonyl (C=O) groups excluding carboxylic acids is 2. The third-order valence-corrected chi connectivity index (χ3v) is 4.77. The number of morpholine rings is 1. The number of hydrogen-bond donors (Lipinski definition) is 1. The molecule has 1 N–H and O–H groups in total. The smallest absolute Gasteiger partial charge is 0.271 e. The number of aromatic nitrogens is 2. The lowest BCUT2D eigenvalue weighted by atomic mass is 10.2. The van der Waals surface area contributed by atoms with Crippen molar-refractivity contribution in [3.05, 3.63) is 17.5 Å². The highest BCUT2D eigenvalue weighted by Gasteiger charge is 2.36. The number of ether oxygens (including phenoxy) is 1. The molecule has 1 atom stereocenters. The zero-order valence-corrected chi connectivity index (χ0v) is 14.3. The van der Waals surface area contributed by atoms with Crippen LogP contribution in [0.15, 0.2) is 6.07 Å². The number of likely N-dealkylation sites (tertiary alicyclic amines) is 1. The minimum atomic E-state index is -0.199. The first kappa shape index (κ1) is 16.9. The Hall–Kier alpha value is -1.93. The van der Waals surface area contributed by atoms with Gasteiger partial charge in [0.15, 0.2) is 0 Å². The van der Waals surface area contributed by atoms with Gasteiger partial charge in [-0.25, -0.2) is 0 Å². The van der Waals surface area contributed by atoms with Gasteiger partial charge in [-0.2, -0.15) is 5.10 Å². The van der Waals surface area contributed by atoms with Crippen LogP contribution in [0.4, 0.5) is 0 Å². The Bertz CT molecular complexity index is 589. The minimum absolute atomic E-state index is 0.0250. The summed E-state index contributed by atoms with van der Waals surface area (Å²) in [5.74, 6) is -0.0325. The monoisotopic (exact) mass is 335 g/mol. The van der Waals surface area contributed by atoms with Gasteiger partial charge in [0.25, 0.3) is 5.91 Å². The first-order chi connectivity index (χ1) is 11.6. The molecular weight excluding hydrogens is 310 g/mol. The second-order valence-electron chi connectivity index (χ2n) is 6.33. The molecule has 2 aliphatic rings. The van der Waals surface area contributed by atoms with E-state index in [2.05, 4.69) is 15.3 Å². The third-order valence-electron chi connectivity index (χ3n) is 4.77. The molecule has 0 saturated carbocycles. The number of hydrogen-bond acceptors (Lipinski definition) is 5. The number of nitrogens with zero attached hydrogens (tertiary/aromatic N) is 4. The zero-order valence-electron chi connectivity index (χ0n) is 14.3. The maximum absolute atomic E-state index is 12.5. The van der Waals surface area contributed by atoms with E-state index >= 15 is 0 Å². The Kier molecular flexibility index (Phi) is 5.15. The molecule has 0 aromatic carbocycles. The Morgan fingerprint density at radius 1 is 1.38 bits per heavy atom. The van der Waals surface area contributed by atoms with Crippen LogP contribution >= 0.6 is 0 Å². The zero-order chi connectivity index (χ0) is 17.1. The van der Waals surface area contributed by atoms with Gasteiger partial charge in [-0.1, -0.05) is 0 Å². The Labute approximate surface area is 141 Å². The lowest BCUT2D eigenvalue weighted by Crippen LogP contribution is -2.48. The van der Waals surface area contributed by atoms with Crippen LogP contribution in [0.2, 0.25) is 0 Å². The van der Waals surface area contributed by atoms with E-state index < -0.39 is 0 Å². The molecule has 1 aromatic heterocycles. The van der Waals surface area contributed by atoms with Gasteiger partial charge in [-0.15, -0.1) is 0 Å². The van der Waals surface area contributed by atoms with Crippen molar-refractivity contribution in [2.24, 2.45) is 7.05 Å². The number of amides is 2. The molecule has 132 valence electrons. The van der Waals surface area contributed by atoms with E-state index in [0.29, 0.717) is 32.0 Å². The van der Waals surface area contributed by atoms with E-state index in [9.17, 15) is 9.59 Å². The summed E-state index contributed by atoms with van der Waals surface area (Å²) in [7, 11) is 1.81. The van der Waals surface area contributed by atoms with E-state index in [4.69, 9.17) is 4.74 Å². The Morgan fingerprint density at radius 2 is 2.12 bits per heavy atom. The number of carbonyl (C=O) groups is 2. The van der Waals surface area contributed by atoms with Crippen molar-refractivity contribution in [1.29, 1.82) is 0 Å². The fourth-order valence-electron chi connectivity index (χ4n) is 3.24. The van der Waals surface area contributed by atoms with E-state index in [-0.39, 0.29) is 17.9 Å². The quantitative estimate of drug-likeness (QED) is 0.777. The predicted molar refractivity (Wildman–Crippen MR) is 87.7 cm³/mol. The first-order valence-corrected chi connectivity index (χ1v) is 8.45. The van der Waals surface area contributed by atoms with Crippen LogP contribution < -0.4 is 5.32 Å². The van der Waals surface area contributed by atoms with Gasteiger partial charge in [-0.3, -0.25) is 19.2 Å². The van der Waals surface area contributed by atoms with E-state index in [1.54, 1.807) is 17.8 Å². The maximum atomic E-state index is 12.5. The average molecular weight is 335 g/mol. The van der Waals surface area contributed by atoms with Crippen molar-refractivity contribution in [1.82, 2.24) is 24.9 Å². The summed E-state index contributed by atoms with van der Waals surface area (Å²) in [6, 6.07) is 1.73. The van der Waals surface area contributed by atoms with Crippen molar-refractivity contribution < 1.29 is 14.3 Å². The van der Waals surface area contributed by atoms with Crippen molar-refractivity contribution in [3.63, 3.8) is 0 Å². The van der Waals surface area contributed by atoms with Crippen molar-refractivity contribution >= 4 is 11.8 Å². The number of nitrogens with one attached hydrogen (secondary N) is 1. The standard InChI is InChI=1S/C16H25N5O3/c1-12-11-13(18-19(12)2)15(22)17-4-6-21-5-3-14(16(21)23)20-7-9-24-10-8-20/h11,14H,3-10H2,1-2H3,(H,17,22). The molecule has 2 aliphatic heterocycles. The van der Waals surface area contributed by atoms with Crippen LogP contribution in [0.5, 0.6) is 0 Å². The summed E-state index contributed by atoms with van der Waals surface area (Å²) >= 11 is 0. The molecule has 2 saturated heterocycles. The molecule has 3 rings (SSSR count). The summed E-state index contributed by atoms with van der Waals surface area (Å²) in [5.41, 5.74) is 1.34. The van der Waals surface area contributed by atoms with E-state index in [1.807, 2.05) is 11.8 Å². The molecule has 2 amide bonds. The van der Waals surface area contributed by atoms with Gasteiger partial charge in [-0.05, 0) is 19.4 Å². The fraction of sp³-hybridized carbons (Fsp3) is 0.688. The second-order valence-corrected chi connectivity index (χ2v) is 6.33. The first-order valence-electron chi connectivity index (χ1n) is 8.45. The lowest BCUT2D eigenvalue weighted by Gasteiger charge is -2.31. The molecule has 24 heavy (non-hydrogen) atoms. The van der Waals surface area contributed by atoms with E-state index in [1.165, 1.54) is 0 Å². The normalized spacial score (nSPS) is 22.2. The summed E-state index contributed by atoms with van der Waals surface area (Å²) in [5, 5.41) is 6.99. The van der Waals surface area contributed by atoms with Crippen molar-refractivity contribution in [3.8, 4) is 0 Å². The van der Waals surface area contributed by atoms with Gasteiger partial charge in [0.2, 0.25) is 5.91 Å². The van der Waals surface area contributed by atoms with Crippen LogP contribution in [0.25, 0.3) is 0 Å². The molecule has 1 unspecified atom stereocenters. The Morgan fingerprint density at radius 3 is 2.79 bits per heavy atom. The van der Waals surface area contributed by atoms with Crippen LogP contribution in [-0.4, -0.2) is 83.4 Å². The fourth-order valence-corrected chi connectivity index (χ4v) is 3.24. The summed E-state index contributed by atoms with van der Waals surface area (Å²) in [6.07, 6.45) is 0.853. The molecule has 8 heteroatoms. The summed E-state index contributed by atoms with van der Waals surface area (Å²) < 4.78 is 7.02. The molecule has 0 radical (unpaired) electrons. The Balaban J connectivity index is 1.45. The molecular formula is C16H25N5O3. The third kappa shape index (κ3) is 3.59. The molecule has 0 bridgehead atoms. The topological polar surface area (TPSA) is 79.7 Å². The largest absolute Gasteiger partial charge is 0.379 e. The number of aryl methyl sites for hydroxylation is 2. The highest BCUT2D eigenvalue weighted by atomic mass is 16.5. The highest BCUT2D eigenvalue weighted by Crippen LogP contribution is 2.18. The predicted octanol–water partition coefficient (Wildman–Crippen LogP) is -0.609. The molecule has 0 spiro atoms. The molecule has 1 aromatic rings. The average Bonchev–Trinajstić information content (AvgIpc) is 3.11. The maximum Gasteiger partial charge on any atom is 0.271 e. The number of rotatable bonds is 5. The van der Waals surface area contributed by atoms with Crippen LogP contribution in [0.1, 0.15) is 22.6 Å². The molecule has 8 nitrogen and oxygen atoms in total. The lowest BCUT2D eigenvalue weighted by molar-refractivity contribution is -0.133. The van der Waals surface area contributed by atoms with E-state index in [0.717, 1.165) is 31.7 Å². The van der Waals surface area contributed by atoms with Gasteiger partial charge >= 0.3 is 0 Å². The van der Waals surface area contributed by atoms with Crippen molar-refractivity contribution in [2.45, 2.75) is 19.4 Å². The van der Waals surface area contributed by atoms with Crippen molar-refractivity contribution in [2.75, 3.05) is 45.9 Å². The van der Waals surface area contributed by atoms with Gasteiger partial charge in [0.1, 0.15) is 5.69 Å². The van der Waals surface area contributed by atoms with Gasteiger partial charge < -0.3 is 15.0 Å². The summed E-state index contributed by atoms with van der Waals surface area (Å²) in [6.45, 7) is 6.66. The molecule has 2 fully saturated rings. The molecule has 0 aliphatic carbocycles. The van der Waals surface area contributed by atoms with Crippen LogP contribution in [0, 0.1) is 6.92 Å². The highest BCUT2D eigenvalue weighted by molar-refractivity contribution is 5.92. The SMILES string of the molecule is Cc1cc(C(=O)NCCN2CCC(N3CCOCC3)C2=O)nn1C. The van der Waals surface area contributed by atoms with Gasteiger partial charge in [0.05, 0.1) is 19.3 Å². The van der Waals surface area contributed by atoms with Crippen LogP contribution in [0.3, 0.4) is 0 Å².